The molecule has 0 unspecified atom stereocenters. The van der Waals surface area contributed by atoms with Gasteiger partial charge in [-0.3, -0.25) is 10.6 Å². The predicted octanol–water partition coefficient (Wildman–Crippen LogP) is 1.59. The number of nitrogens with one attached hydrogen (secondary N) is 1. The van der Waals surface area contributed by atoms with Crippen LogP contribution in [0.2, 0.25) is 5.02 Å². The van der Waals surface area contributed by atoms with E-state index in [4.69, 9.17) is 26.9 Å². The number of nitrogen functional groups attached to an aromatic ring is 1. The van der Waals surface area contributed by atoms with Gasteiger partial charge in [0.05, 0.1) is 5.56 Å². The van der Waals surface area contributed by atoms with Crippen molar-refractivity contribution in [2.24, 2.45) is 5.73 Å². The van der Waals surface area contributed by atoms with Crippen LogP contribution in [0.25, 0.3) is 0 Å². The fraction of sp³-hybridized carbons (Fsp3) is 0.222. The molecule has 0 spiro atoms. The highest BCUT2D eigenvalue weighted by Crippen LogP contribution is 2.25. The number of hydrogen-bond acceptors (Lipinski definition) is 3. The molecule has 3 N–H and O–H groups in total. The first kappa shape index (κ1) is 17.8. The smallest absolute Gasteiger partial charge is 0.394 e. The molecule has 0 aliphatic carbocycles. The zero-order valence-electron chi connectivity index (χ0n) is 13.9. The van der Waals surface area contributed by atoms with Gasteiger partial charge in [-0.25, -0.2) is 4.79 Å². The Bertz CT molecular complexity index is 747. The van der Waals surface area contributed by atoms with Crippen molar-refractivity contribution < 1.29 is 19.5 Å². The van der Waals surface area contributed by atoms with E-state index in [2.05, 4.69) is 5.16 Å². The SMILES string of the molecule is Cc1ccc(C(N)=[NH+]OC(=O)COc2cc(C)c(Cl)c(C)c2)cc1. The Labute approximate surface area is 146 Å². The van der Waals surface area contributed by atoms with Crippen LogP contribution in [0.5, 0.6) is 5.75 Å². The monoisotopic (exact) mass is 347 g/mol. The van der Waals surface area contributed by atoms with Crippen molar-refractivity contribution in [3.63, 3.8) is 0 Å². The molecule has 5 nitrogen and oxygen atoms in total. The van der Waals surface area contributed by atoms with Crippen molar-refractivity contribution in [2.75, 3.05) is 6.61 Å². The summed E-state index contributed by atoms with van der Waals surface area (Å²) in [5, 5.41) is 3.12. The molecule has 126 valence electrons. The van der Waals surface area contributed by atoms with E-state index in [1.54, 1.807) is 12.1 Å². The van der Waals surface area contributed by atoms with Crippen LogP contribution in [0.3, 0.4) is 0 Å². The van der Waals surface area contributed by atoms with Crippen LogP contribution in [0.4, 0.5) is 0 Å². The van der Waals surface area contributed by atoms with E-state index in [1.165, 1.54) is 0 Å². The first-order chi connectivity index (χ1) is 11.4. The third-order valence-corrected chi connectivity index (χ3v) is 4.00. The minimum absolute atomic E-state index is 0.241. The second-order valence-electron chi connectivity index (χ2n) is 5.52. The van der Waals surface area contributed by atoms with Crippen LogP contribution < -0.4 is 15.6 Å². The zero-order valence-corrected chi connectivity index (χ0v) is 14.6. The molecule has 2 aromatic rings. The van der Waals surface area contributed by atoms with E-state index in [9.17, 15) is 4.79 Å². The van der Waals surface area contributed by atoms with Crippen LogP contribution in [0.1, 0.15) is 22.3 Å². The van der Waals surface area contributed by atoms with E-state index in [1.807, 2.05) is 45.0 Å². The number of carbonyl (C=O) groups is 1. The molecule has 6 heteroatoms. The van der Waals surface area contributed by atoms with Crippen molar-refractivity contribution >= 4 is 23.4 Å². The number of ether oxygens (including phenoxy) is 1. The number of amidine groups is 1. The van der Waals surface area contributed by atoms with Gasteiger partial charge >= 0.3 is 11.8 Å². The summed E-state index contributed by atoms with van der Waals surface area (Å²) in [5.41, 5.74) is 9.45. The molecule has 0 saturated heterocycles. The van der Waals surface area contributed by atoms with Gasteiger partial charge in [-0.1, -0.05) is 34.5 Å². The summed E-state index contributed by atoms with van der Waals surface area (Å²) in [7, 11) is 0. The molecule has 2 rings (SSSR count). The number of carbonyl (C=O) groups excluding carboxylic acids is 1. The fourth-order valence-corrected chi connectivity index (χ4v) is 2.17. The van der Waals surface area contributed by atoms with Gasteiger partial charge in [-0.2, -0.15) is 0 Å². The molecular weight excluding hydrogens is 328 g/mol. The van der Waals surface area contributed by atoms with Gasteiger partial charge in [0, 0.05) is 5.02 Å². The number of halogens is 1. The molecule has 0 amide bonds. The third-order valence-electron chi connectivity index (χ3n) is 3.40. The highest BCUT2D eigenvalue weighted by atomic mass is 35.5. The van der Waals surface area contributed by atoms with E-state index >= 15 is 0 Å². The number of aryl methyl sites for hydroxylation is 3. The van der Waals surface area contributed by atoms with Crippen LogP contribution in [0, 0.1) is 20.8 Å². The molecule has 0 fully saturated rings. The van der Waals surface area contributed by atoms with E-state index < -0.39 is 5.97 Å². The van der Waals surface area contributed by atoms with Gasteiger partial charge in [-0.15, -0.1) is 0 Å². The van der Waals surface area contributed by atoms with Crippen LogP contribution in [0.15, 0.2) is 36.4 Å². The lowest BCUT2D eigenvalue weighted by atomic mass is 10.1. The minimum atomic E-state index is -0.588. The summed E-state index contributed by atoms with van der Waals surface area (Å²) in [5.74, 6) is 0.221. The Kier molecular flexibility index (Phi) is 5.82. The Morgan fingerprint density at radius 3 is 2.29 bits per heavy atom. The fourth-order valence-electron chi connectivity index (χ4n) is 2.07. The molecule has 0 bridgehead atoms. The lowest BCUT2D eigenvalue weighted by Crippen LogP contribution is -2.76. The normalized spacial score (nSPS) is 11.2. The van der Waals surface area contributed by atoms with Crippen LogP contribution in [-0.2, 0) is 9.63 Å². The number of hydrogen-bond donors (Lipinski definition) is 2. The summed E-state index contributed by atoms with van der Waals surface area (Å²) < 4.78 is 5.41. The molecule has 0 aliphatic rings. The predicted molar refractivity (Wildman–Crippen MR) is 93.0 cm³/mol. The second-order valence-corrected chi connectivity index (χ2v) is 5.89. The number of benzene rings is 2. The van der Waals surface area contributed by atoms with Crippen molar-refractivity contribution in [3.8, 4) is 5.75 Å². The molecule has 0 atom stereocenters. The molecule has 24 heavy (non-hydrogen) atoms. The Morgan fingerprint density at radius 1 is 1.12 bits per heavy atom. The summed E-state index contributed by atoms with van der Waals surface area (Å²) in [6.45, 7) is 5.48. The Morgan fingerprint density at radius 2 is 1.71 bits per heavy atom. The van der Waals surface area contributed by atoms with Crippen molar-refractivity contribution in [3.05, 3.63) is 63.7 Å². The Balaban J connectivity index is 1.91. The lowest BCUT2D eigenvalue weighted by molar-refractivity contribution is -0.724. The molecular formula is C18H20ClN2O3+. The van der Waals surface area contributed by atoms with Gasteiger partial charge in [0.25, 0.3) is 0 Å². The van der Waals surface area contributed by atoms with E-state index in [-0.39, 0.29) is 12.4 Å². The molecule has 0 saturated carbocycles. The largest absolute Gasteiger partial charge is 0.482 e. The Hall–Kier alpha value is -2.53. The van der Waals surface area contributed by atoms with Gasteiger partial charge in [0.1, 0.15) is 5.75 Å². The van der Waals surface area contributed by atoms with Crippen molar-refractivity contribution in [1.82, 2.24) is 0 Å². The van der Waals surface area contributed by atoms with Crippen LogP contribution >= 0.6 is 11.6 Å². The van der Waals surface area contributed by atoms with Crippen molar-refractivity contribution in [1.29, 1.82) is 0 Å². The van der Waals surface area contributed by atoms with Crippen molar-refractivity contribution in [2.45, 2.75) is 20.8 Å². The molecule has 0 aliphatic heterocycles. The molecule has 0 heterocycles. The van der Waals surface area contributed by atoms with Gasteiger partial charge in [0.15, 0.2) is 6.61 Å². The maximum atomic E-state index is 11.7. The van der Waals surface area contributed by atoms with Gasteiger partial charge in [-0.05, 0) is 56.2 Å². The first-order valence-electron chi connectivity index (χ1n) is 7.41. The number of nitrogens with two attached hydrogens (primary N) is 1. The average Bonchev–Trinajstić information content (AvgIpc) is 2.56. The highest BCUT2D eigenvalue weighted by molar-refractivity contribution is 6.32. The minimum Gasteiger partial charge on any atom is -0.482 e. The highest BCUT2D eigenvalue weighted by Gasteiger charge is 2.10. The lowest BCUT2D eigenvalue weighted by Gasteiger charge is -2.08. The third kappa shape index (κ3) is 4.73. The molecule has 0 radical (unpaired) electrons. The standard InChI is InChI=1S/C18H19ClN2O3/c1-11-4-6-14(7-5-11)18(20)21-24-16(22)10-23-15-8-12(2)17(19)13(3)9-15/h4-9H,10H2,1-3H3,(H2,20,21)/p+1. The van der Waals surface area contributed by atoms with Gasteiger partial charge < -0.3 is 4.74 Å². The maximum Gasteiger partial charge on any atom is 0.394 e. The number of rotatable bonds is 5. The molecule has 0 aromatic heterocycles. The maximum absolute atomic E-state index is 11.7. The van der Waals surface area contributed by atoms with Crippen LogP contribution in [-0.4, -0.2) is 18.4 Å². The van der Waals surface area contributed by atoms with Gasteiger partial charge in [0.2, 0.25) is 0 Å². The quantitative estimate of drug-likeness (QED) is 0.373. The summed E-state index contributed by atoms with van der Waals surface area (Å²) in [4.78, 5) is 16.6. The van der Waals surface area contributed by atoms with E-state index in [0.717, 1.165) is 22.3 Å². The first-order valence-corrected chi connectivity index (χ1v) is 7.79. The summed E-state index contributed by atoms with van der Waals surface area (Å²) in [6.07, 6.45) is 0. The summed E-state index contributed by atoms with van der Waals surface area (Å²) >= 11 is 6.09. The summed E-state index contributed by atoms with van der Waals surface area (Å²) in [6, 6.07) is 11.0. The molecule has 2 aromatic carbocycles. The van der Waals surface area contributed by atoms with E-state index in [0.29, 0.717) is 10.8 Å². The zero-order chi connectivity index (χ0) is 17.7. The average molecular weight is 348 g/mol. The second kappa shape index (κ2) is 7.84. The topological polar surface area (TPSA) is 75.5 Å².